The summed E-state index contributed by atoms with van der Waals surface area (Å²) in [5, 5.41) is 9.64. The topological polar surface area (TPSA) is 96.1 Å². The van der Waals surface area contributed by atoms with Crippen LogP contribution in [0.15, 0.2) is 55.1 Å². The molecule has 37 heavy (non-hydrogen) atoms. The number of anilines is 1. The predicted octanol–water partition coefficient (Wildman–Crippen LogP) is 4.82. The van der Waals surface area contributed by atoms with Gasteiger partial charge in [0.05, 0.1) is 25.0 Å². The molecule has 1 amide bonds. The van der Waals surface area contributed by atoms with Crippen molar-refractivity contribution < 1.29 is 19.0 Å². The molecule has 1 unspecified atom stereocenters. The van der Waals surface area contributed by atoms with Gasteiger partial charge in [-0.25, -0.2) is 24.1 Å². The van der Waals surface area contributed by atoms with E-state index in [2.05, 4.69) is 19.9 Å². The molecule has 5 rings (SSSR count). The third-order valence-electron chi connectivity index (χ3n) is 6.83. The number of amides is 1. The Bertz CT molecular complexity index is 1430. The minimum atomic E-state index is -0.896. The molecule has 4 aromatic rings. The average Bonchev–Trinajstić information content (AvgIpc) is 3.32. The molecule has 0 saturated carbocycles. The number of aromatic nitrogens is 4. The van der Waals surface area contributed by atoms with Crippen LogP contribution in [0.1, 0.15) is 20.8 Å². The molecule has 10 heteroatoms. The lowest BCUT2D eigenvalue weighted by atomic mass is 9.84. The van der Waals surface area contributed by atoms with Gasteiger partial charge in [-0.15, -0.1) is 0 Å². The molecule has 1 N–H and O–H groups in total. The average molecular weight is 505 g/mol. The van der Waals surface area contributed by atoms with E-state index in [1.807, 2.05) is 45.2 Å². The first kappa shape index (κ1) is 24.5. The van der Waals surface area contributed by atoms with E-state index in [-0.39, 0.29) is 17.1 Å². The first-order chi connectivity index (χ1) is 17.7. The Morgan fingerprint density at radius 3 is 2.41 bits per heavy atom. The summed E-state index contributed by atoms with van der Waals surface area (Å²) in [6, 6.07) is 8.69. The summed E-state index contributed by atoms with van der Waals surface area (Å²) in [5.74, 6) is 0.819. The van der Waals surface area contributed by atoms with Crippen molar-refractivity contribution in [3.8, 4) is 28.3 Å². The highest BCUT2D eigenvalue weighted by Gasteiger charge is 2.38. The molecule has 1 atom stereocenters. The van der Waals surface area contributed by atoms with Gasteiger partial charge in [0.15, 0.2) is 11.5 Å². The maximum Gasteiger partial charge on any atom is 0.407 e. The second kappa shape index (κ2) is 9.34. The highest BCUT2D eigenvalue weighted by Crippen LogP contribution is 2.31. The number of hydrogen-bond acceptors (Lipinski definition) is 6. The van der Waals surface area contributed by atoms with Crippen molar-refractivity contribution in [3.05, 3.63) is 60.9 Å². The van der Waals surface area contributed by atoms with Crippen LogP contribution in [-0.2, 0) is 0 Å². The molecular formula is C27H29FN6O3. The standard InChI is InChI=1S/C27H29FN6O3/c1-27(2,3)22-16-32(9-10-33(22)26(35)36)23-7-5-18(13-29-23)21-14-31-25-20(28)11-19(15-34(21)25)17-6-8-24(37-4)30-12-17/h5-8,11-15,22H,9-10,16H2,1-4H3,(H,35,36). The van der Waals surface area contributed by atoms with Crippen molar-refractivity contribution >= 4 is 17.6 Å². The molecule has 0 spiro atoms. The number of halogens is 1. The van der Waals surface area contributed by atoms with Crippen LogP contribution in [0.4, 0.5) is 15.0 Å². The summed E-state index contributed by atoms with van der Waals surface area (Å²) in [7, 11) is 1.55. The highest BCUT2D eigenvalue weighted by atomic mass is 19.1. The van der Waals surface area contributed by atoms with Crippen molar-refractivity contribution in [1.29, 1.82) is 0 Å². The lowest BCUT2D eigenvalue weighted by molar-refractivity contribution is 0.0747. The van der Waals surface area contributed by atoms with Gasteiger partial charge in [-0.05, 0) is 29.7 Å². The molecule has 5 heterocycles. The quantitative estimate of drug-likeness (QED) is 0.426. The molecule has 4 aromatic heterocycles. The summed E-state index contributed by atoms with van der Waals surface area (Å²) >= 11 is 0. The van der Waals surface area contributed by atoms with Gasteiger partial charge in [0.1, 0.15) is 5.82 Å². The highest BCUT2D eigenvalue weighted by molar-refractivity contribution is 5.70. The fourth-order valence-electron chi connectivity index (χ4n) is 4.77. The molecule has 192 valence electrons. The first-order valence-electron chi connectivity index (χ1n) is 12.0. The van der Waals surface area contributed by atoms with Crippen LogP contribution >= 0.6 is 0 Å². The zero-order chi connectivity index (χ0) is 26.3. The van der Waals surface area contributed by atoms with Gasteiger partial charge in [-0.1, -0.05) is 20.8 Å². The van der Waals surface area contributed by atoms with Gasteiger partial charge >= 0.3 is 6.09 Å². The third-order valence-corrected chi connectivity index (χ3v) is 6.83. The van der Waals surface area contributed by atoms with Crippen LogP contribution in [0, 0.1) is 11.2 Å². The molecule has 1 fully saturated rings. The van der Waals surface area contributed by atoms with E-state index in [4.69, 9.17) is 4.74 Å². The lowest BCUT2D eigenvalue weighted by Gasteiger charge is -2.46. The summed E-state index contributed by atoms with van der Waals surface area (Å²) in [6.07, 6.45) is 5.95. The van der Waals surface area contributed by atoms with Crippen LogP contribution in [-0.4, -0.2) is 68.2 Å². The number of carboxylic acid groups (broad SMARTS) is 1. The van der Waals surface area contributed by atoms with Gasteiger partial charge in [0.2, 0.25) is 5.88 Å². The molecule has 0 bridgehead atoms. The van der Waals surface area contributed by atoms with Crippen LogP contribution < -0.4 is 9.64 Å². The van der Waals surface area contributed by atoms with E-state index < -0.39 is 11.9 Å². The zero-order valence-corrected chi connectivity index (χ0v) is 21.2. The minimum Gasteiger partial charge on any atom is -0.481 e. The summed E-state index contributed by atoms with van der Waals surface area (Å²) in [6.45, 7) is 7.68. The van der Waals surface area contributed by atoms with E-state index in [1.54, 1.807) is 36.2 Å². The minimum absolute atomic E-state index is 0.159. The maximum absolute atomic E-state index is 14.9. The Morgan fingerprint density at radius 1 is 1.03 bits per heavy atom. The van der Waals surface area contributed by atoms with Crippen molar-refractivity contribution in [2.24, 2.45) is 5.41 Å². The predicted molar refractivity (Wildman–Crippen MR) is 138 cm³/mol. The number of pyridine rings is 3. The Balaban J connectivity index is 1.44. The number of nitrogens with zero attached hydrogens (tertiary/aromatic N) is 6. The summed E-state index contributed by atoms with van der Waals surface area (Å²) < 4.78 is 21.8. The van der Waals surface area contributed by atoms with Gasteiger partial charge in [0.25, 0.3) is 0 Å². The number of imidazole rings is 1. The molecule has 9 nitrogen and oxygen atoms in total. The van der Waals surface area contributed by atoms with Gasteiger partial charge in [0, 0.05) is 61.0 Å². The zero-order valence-electron chi connectivity index (χ0n) is 21.2. The molecule has 1 aliphatic heterocycles. The van der Waals surface area contributed by atoms with E-state index in [1.165, 1.54) is 11.0 Å². The van der Waals surface area contributed by atoms with Crippen molar-refractivity contribution in [2.45, 2.75) is 26.8 Å². The largest absolute Gasteiger partial charge is 0.481 e. The van der Waals surface area contributed by atoms with Crippen molar-refractivity contribution in [2.75, 3.05) is 31.6 Å². The summed E-state index contributed by atoms with van der Waals surface area (Å²) in [4.78, 5) is 28.6. The molecular weight excluding hydrogens is 475 g/mol. The fraction of sp³-hybridized carbons (Fsp3) is 0.333. The monoisotopic (exact) mass is 504 g/mol. The molecule has 0 aromatic carbocycles. The number of hydrogen-bond donors (Lipinski definition) is 1. The van der Waals surface area contributed by atoms with E-state index >= 15 is 0 Å². The SMILES string of the molecule is COc1ccc(-c2cc(F)c3ncc(-c4ccc(N5CCN(C(=O)O)C(C(C)(C)C)C5)nc4)n3c2)cn1. The molecule has 0 aliphatic carbocycles. The number of methoxy groups -OCH3 is 1. The Hall–Kier alpha value is -4.21. The Kier molecular flexibility index (Phi) is 6.18. The van der Waals surface area contributed by atoms with Crippen LogP contribution in [0.2, 0.25) is 0 Å². The van der Waals surface area contributed by atoms with Gasteiger partial charge in [-0.2, -0.15) is 0 Å². The molecule has 1 aliphatic rings. The molecule has 0 radical (unpaired) electrons. The lowest BCUT2D eigenvalue weighted by Crippen LogP contribution is -2.59. The number of ether oxygens (including phenoxy) is 1. The number of rotatable bonds is 4. The number of fused-ring (bicyclic) bond motifs is 1. The fourth-order valence-corrected chi connectivity index (χ4v) is 4.77. The van der Waals surface area contributed by atoms with E-state index in [0.29, 0.717) is 36.8 Å². The summed E-state index contributed by atoms with van der Waals surface area (Å²) in [5.41, 5.74) is 2.92. The second-order valence-electron chi connectivity index (χ2n) is 10.2. The smallest absolute Gasteiger partial charge is 0.407 e. The third kappa shape index (κ3) is 4.66. The second-order valence-corrected chi connectivity index (χ2v) is 10.2. The Labute approximate surface area is 214 Å². The molecule has 1 saturated heterocycles. The van der Waals surface area contributed by atoms with Gasteiger partial charge < -0.3 is 19.6 Å². The Morgan fingerprint density at radius 2 is 1.78 bits per heavy atom. The van der Waals surface area contributed by atoms with E-state index in [9.17, 15) is 14.3 Å². The maximum atomic E-state index is 14.9. The van der Waals surface area contributed by atoms with Crippen LogP contribution in [0.3, 0.4) is 0 Å². The number of carbonyl (C=O) groups is 1. The van der Waals surface area contributed by atoms with Gasteiger partial charge in [-0.3, -0.25) is 4.40 Å². The van der Waals surface area contributed by atoms with Crippen molar-refractivity contribution in [1.82, 2.24) is 24.3 Å². The van der Waals surface area contributed by atoms with Crippen LogP contribution in [0.25, 0.3) is 28.0 Å². The first-order valence-corrected chi connectivity index (χ1v) is 12.0. The van der Waals surface area contributed by atoms with E-state index in [0.717, 1.165) is 16.9 Å². The van der Waals surface area contributed by atoms with Crippen molar-refractivity contribution in [3.63, 3.8) is 0 Å². The number of piperazine rings is 1. The van der Waals surface area contributed by atoms with Crippen LogP contribution in [0.5, 0.6) is 5.88 Å². The normalized spacial score (nSPS) is 16.3.